The fourth-order valence-electron chi connectivity index (χ4n) is 0.580. The monoisotopic (exact) mass is 159 g/mol. The first-order chi connectivity index (χ1) is 4.43. The van der Waals surface area contributed by atoms with Gasteiger partial charge in [-0.05, 0) is 12.1 Å². The zero-order chi connectivity index (χ0) is 6.53. The van der Waals surface area contributed by atoms with Crippen molar-refractivity contribution in [1.29, 1.82) is 0 Å². The summed E-state index contributed by atoms with van der Waals surface area (Å²) in [6.45, 7) is 0. The van der Waals surface area contributed by atoms with Crippen molar-refractivity contribution in [3.8, 4) is 5.75 Å². The summed E-state index contributed by atoms with van der Waals surface area (Å²) in [5.41, 5.74) is 0. The average molecular weight is 160 g/mol. The van der Waals surface area contributed by atoms with Crippen LogP contribution in [-0.4, -0.2) is 6.07 Å². The van der Waals surface area contributed by atoms with Crippen LogP contribution in [0.15, 0.2) is 30.3 Å². The van der Waals surface area contributed by atoms with Gasteiger partial charge < -0.3 is 10.9 Å². The first kappa shape index (κ1) is 9.27. The van der Waals surface area contributed by atoms with E-state index in [1.165, 1.54) is 0 Å². The van der Waals surface area contributed by atoms with E-state index >= 15 is 0 Å². The van der Waals surface area contributed by atoms with E-state index in [0.29, 0.717) is 0 Å². The SMILES string of the molecule is ClCOc1ccccc1.N. The third kappa shape index (κ3) is 2.71. The lowest BCUT2D eigenvalue weighted by Crippen LogP contribution is -1.86. The minimum Gasteiger partial charge on any atom is -0.478 e. The highest BCUT2D eigenvalue weighted by molar-refractivity contribution is 6.17. The summed E-state index contributed by atoms with van der Waals surface area (Å²) in [4.78, 5) is 0. The Morgan fingerprint density at radius 2 is 1.80 bits per heavy atom. The summed E-state index contributed by atoms with van der Waals surface area (Å²) in [6, 6.07) is 9.68. The highest BCUT2D eigenvalue weighted by Crippen LogP contribution is 2.07. The summed E-state index contributed by atoms with van der Waals surface area (Å²) in [7, 11) is 0. The van der Waals surface area contributed by atoms with E-state index in [2.05, 4.69) is 0 Å². The number of para-hydroxylation sites is 1. The smallest absolute Gasteiger partial charge is 0.162 e. The second kappa shape index (κ2) is 5.09. The molecule has 0 aromatic heterocycles. The van der Waals surface area contributed by atoms with Crippen LogP contribution in [0.5, 0.6) is 5.75 Å². The number of hydrogen-bond donors (Lipinski definition) is 1. The molecule has 0 bridgehead atoms. The molecule has 56 valence electrons. The van der Waals surface area contributed by atoms with Crippen LogP contribution in [0.4, 0.5) is 0 Å². The summed E-state index contributed by atoms with van der Waals surface area (Å²) in [5.74, 6) is 0.813. The molecule has 0 saturated carbocycles. The average Bonchev–Trinajstić information content (AvgIpc) is 1.91. The molecule has 1 aromatic rings. The maximum atomic E-state index is 5.31. The fourth-order valence-corrected chi connectivity index (χ4v) is 0.706. The van der Waals surface area contributed by atoms with Gasteiger partial charge in [-0.3, -0.25) is 0 Å². The van der Waals surface area contributed by atoms with Crippen molar-refractivity contribution >= 4 is 11.6 Å². The quantitative estimate of drug-likeness (QED) is 0.674. The van der Waals surface area contributed by atoms with Gasteiger partial charge in [0.15, 0.2) is 6.07 Å². The van der Waals surface area contributed by atoms with Crippen molar-refractivity contribution in [1.82, 2.24) is 6.15 Å². The van der Waals surface area contributed by atoms with Crippen molar-refractivity contribution in [3.63, 3.8) is 0 Å². The first-order valence-electron chi connectivity index (χ1n) is 2.67. The second-order valence-corrected chi connectivity index (χ2v) is 1.78. The van der Waals surface area contributed by atoms with Gasteiger partial charge in [-0.2, -0.15) is 0 Å². The zero-order valence-corrected chi connectivity index (χ0v) is 6.34. The van der Waals surface area contributed by atoms with E-state index in [9.17, 15) is 0 Å². The highest BCUT2D eigenvalue weighted by Gasteiger charge is 1.84. The van der Waals surface area contributed by atoms with E-state index < -0.39 is 0 Å². The molecular weight excluding hydrogens is 150 g/mol. The van der Waals surface area contributed by atoms with Gasteiger partial charge in [0.1, 0.15) is 5.75 Å². The molecule has 1 aromatic carbocycles. The van der Waals surface area contributed by atoms with E-state index in [-0.39, 0.29) is 12.2 Å². The number of rotatable bonds is 2. The highest BCUT2D eigenvalue weighted by atomic mass is 35.5. The van der Waals surface area contributed by atoms with Crippen molar-refractivity contribution in [3.05, 3.63) is 30.3 Å². The van der Waals surface area contributed by atoms with Crippen LogP contribution >= 0.6 is 11.6 Å². The van der Waals surface area contributed by atoms with Gasteiger partial charge in [-0.25, -0.2) is 0 Å². The van der Waals surface area contributed by atoms with Crippen LogP contribution in [-0.2, 0) is 0 Å². The molecule has 3 heteroatoms. The standard InChI is InChI=1S/C7H7ClO.H3N/c8-6-9-7-4-2-1-3-5-7;/h1-5H,6H2;1H3. The van der Waals surface area contributed by atoms with E-state index in [1.54, 1.807) is 0 Å². The molecule has 10 heavy (non-hydrogen) atoms. The van der Waals surface area contributed by atoms with E-state index in [0.717, 1.165) is 5.75 Å². The number of benzene rings is 1. The lowest BCUT2D eigenvalue weighted by atomic mass is 10.3. The molecule has 3 N–H and O–H groups in total. The van der Waals surface area contributed by atoms with Gasteiger partial charge in [-0.1, -0.05) is 29.8 Å². The maximum Gasteiger partial charge on any atom is 0.162 e. The molecule has 0 spiro atoms. The second-order valence-electron chi connectivity index (χ2n) is 1.57. The van der Waals surface area contributed by atoms with E-state index in [4.69, 9.17) is 16.3 Å². The van der Waals surface area contributed by atoms with Crippen LogP contribution in [0.3, 0.4) is 0 Å². The Morgan fingerprint density at radius 1 is 1.20 bits per heavy atom. The van der Waals surface area contributed by atoms with Gasteiger partial charge in [0.05, 0.1) is 0 Å². The number of hydrogen-bond acceptors (Lipinski definition) is 2. The molecule has 0 atom stereocenters. The maximum absolute atomic E-state index is 5.31. The molecule has 0 saturated heterocycles. The predicted octanol–water partition coefficient (Wildman–Crippen LogP) is 2.42. The zero-order valence-electron chi connectivity index (χ0n) is 5.59. The van der Waals surface area contributed by atoms with Crippen LogP contribution in [0.1, 0.15) is 0 Å². The Hall–Kier alpha value is -0.730. The Labute approximate surface area is 65.3 Å². The fraction of sp³-hybridized carbons (Fsp3) is 0.143. The van der Waals surface area contributed by atoms with Crippen molar-refractivity contribution in [2.75, 3.05) is 6.07 Å². The van der Waals surface area contributed by atoms with E-state index in [1.807, 2.05) is 30.3 Å². The van der Waals surface area contributed by atoms with Gasteiger partial charge in [0.2, 0.25) is 0 Å². The molecule has 0 radical (unpaired) electrons. The van der Waals surface area contributed by atoms with Crippen molar-refractivity contribution < 1.29 is 4.74 Å². The minimum atomic E-state index is 0. The predicted molar refractivity (Wildman–Crippen MR) is 42.8 cm³/mol. The summed E-state index contributed by atoms with van der Waals surface area (Å²) >= 11 is 5.31. The van der Waals surface area contributed by atoms with Crippen molar-refractivity contribution in [2.45, 2.75) is 0 Å². The first-order valence-corrected chi connectivity index (χ1v) is 3.21. The minimum absolute atomic E-state index is 0. The molecule has 0 heterocycles. The molecule has 1 rings (SSSR count). The van der Waals surface area contributed by atoms with Gasteiger partial charge >= 0.3 is 0 Å². The topological polar surface area (TPSA) is 44.2 Å². The van der Waals surface area contributed by atoms with Crippen LogP contribution in [0.2, 0.25) is 0 Å². The summed E-state index contributed by atoms with van der Waals surface area (Å²) < 4.78 is 4.97. The van der Waals surface area contributed by atoms with Crippen LogP contribution < -0.4 is 10.9 Å². The number of ether oxygens (including phenoxy) is 1. The van der Waals surface area contributed by atoms with Crippen LogP contribution in [0, 0.1) is 0 Å². The lowest BCUT2D eigenvalue weighted by Gasteiger charge is -1.97. The Bertz CT molecular complexity index is 167. The molecule has 0 unspecified atom stereocenters. The molecule has 0 aliphatic rings. The van der Waals surface area contributed by atoms with Crippen LogP contribution in [0.25, 0.3) is 0 Å². The molecule has 2 nitrogen and oxygen atoms in total. The number of halogens is 1. The molecule has 0 aliphatic heterocycles. The van der Waals surface area contributed by atoms with Crippen molar-refractivity contribution in [2.24, 2.45) is 0 Å². The van der Waals surface area contributed by atoms with Gasteiger partial charge in [0.25, 0.3) is 0 Å². The molecule has 0 amide bonds. The largest absolute Gasteiger partial charge is 0.478 e. The van der Waals surface area contributed by atoms with Gasteiger partial charge in [0, 0.05) is 0 Å². The Morgan fingerprint density at radius 3 is 2.30 bits per heavy atom. The Balaban J connectivity index is 0.000000810. The third-order valence-corrected chi connectivity index (χ3v) is 1.07. The molecule has 0 aliphatic carbocycles. The molecular formula is C7H10ClNO. The summed E-state index contributed by atoms with van der Waals surface area (Å²) in [5, 5.41) is 0. The Kier molecular flexibility index (Phi) is 4.72. The number of alkyl halides is 1. The van der Waals surface area contributed by atoms with Gasteiger partial charge in [-0.15, -0.1) is 0 Å². The molecule has 0 fully saturated rings. The normalized spacial score (nSPS) is 8.10. The summed E-state index contributed by atoms with van der Waals surface area (Å²) in [6.07, 6.45) is 0. The lowest BCUT2D eigenvalue weighted by molar-refractivity contribution is 0.388. The third-order valence-electron chi connectivity index (χ3n) is 0.964.